The van der Waals surface area contributed by atoms with Crippen LogP contribution in [0.4, 0.5) is 0 Å². The fourth-order valence-corrected chi connectivity index (χ4v) is 1.86. The van der Waals surface area contributed by atoms with Crippen molar-refractivity contribution in [2.75, 3.05) is 0 Å². The highest BCUT2D eigenvalue weighted by atomic mass is 35.5. The lowest BCUT2D eigenvalue weighted by atomic mass is 10.2. The van der Waals surface area contributed by atoms with Gasteiger partial charge in [-0.25, -0.2) is 9.67 Å². The van der Waals surface area contributed by atoms with E-state index in [0.29, 0.717) is 5.65 Å². The van der Waals surface area contributed by atoms with E-state index in [1.165, 1.54) is 4.68 Å². The average Bonchev–Trinajstić information content (AvgIpc) is 3.01. The van der Waals surface area contributed by atoms with Crippen LogP contribution in [0.5, 0.6) is 0 Å². The zero-order valence-corrected chi connectivity index (χ0v) is 11.2. The summed E-state index contributed by atoms with van der Waals surface area (Å²) in [5.41, 5.74) is 1.37. The van der Waals surface area contributed by atoms with E-state index < -0.39 is 5.91 Å². The van der Waals surface area contributed by atoms with Crippen LogP contribution in [0.2, 0.25) is 5.28 Å². The predicted molar refractivity (Wildman–Crippen MR) is 71.1 cm³/mol. The molecular formula is C11H10ClN7O. The number of aromatic nitrogens is 6. The van der Waals surface area contributed by atoms with E-state index in [1.54, 1.807) is 13.2 Å². The summed E-state index contributed by atoms with van der Waals surface area (Å²) in [5.74, 6) is -0.376. The summed E-state index contributed by atoms with van der Waals surface area (Å²) in [6.45, 7) is 0.275. The van der Waals surface area contributed by atoms with Crippen LogP contribution < -0.4 is 5.32 Å². The number of H-pyrrole nitrogens is 1. The number of amides is 1. The Labute approximate surface area is 118 Å². The van der Waals surface area contributed by atoms with Gasteiger partial charge in [0.25, 0.3) is 5.91 Å². The molecule has 9 heteroatoms. The lowest BCUT2D eigenvalue weighted by Gasteiger charge is -2.00. The number of hydrogen-bond donors (Lipinski definition) is 2. The average molecular weight is 292 g/mol. The molecule has 0 unspecified atom stereocenters. The Bertz CT molecular complexity index is 759. The largest absolute Gasteiger partial charge is 0.344 e. The van der Waals surface area contributed by atoms with Gasteiger partial charge in [-0.3, -0.25) is 9.89 Å². The van der Waals surface area contributed by atoms with E-state index >= 15 is 0 Å². The van der Waals surface area contributed by atoms with Gasteiger partial charge in [-0.2, -0.15) is 10.1 Å². The molecule has 0 bridgehead atoms. The normalized spacial score (nSPS) is 10.9. The summed E-state index contributed by atoms with van der Waals surface area (Å²) in [6, 6.07) is 3.69. The number of aryl methyl sites for hydroxylation is 1. The molecule has 3 aromatic rings. The van der Waals surface area contributed by atoms with E-state index in [2.05, 4.69) is 30.6 Å². The monoisotopic (exact) mass is 291 g/mol. The second-order valence-corrected chi connectivity index (χ2v) is 4.43. The first-order valence-electron chi connectivity index (χ1n) is 5.78. The van der Waals surface area contributed by atoms with Crippen LogP contribution in [0.25, 0.3) is 11.0 Å². The molecule has 0 fully saturated rings. The lowest BCUT2D eigenvalue weighted by molar-refractivity contribution is 0.0940. The van der Waals surface area contributed by atoms with Crippen molar-refractivity contribution in [3.8, 4) is 0 Å². The van der Waals surface area contributed by atoms with Crippen LogP contribution in [-0.4, -0.2) is 35.9 Å². The number of carbonyl (C=O) groups excluding carboxylic acids is 1. The second-order valence-electron chi connectivity index (χ2n) is 4.09. The fraction of sp³-hybridized carbons (Fsp3) is 0.182. The third-order valence-electron chi connectivity index (χ3n) is 2.75. The van der Waals surface area contributed by atoms with E-state index in [-0.39, 0.29) is 17.7 Å². The highest BCUT2D eigenvalue weighted by molar-refractivity contribution is 6.28. The molecule has 0 aliphatic carbocycles. The van der Waals surface area contributed by atoms with Gasteiger partial charge in [0, 0.05) is 18.6 Å². The number of carbonyl (C=O) groups is 1. The topological polar surface area (TPSA) is 101 Å². The van der Waals surface area contributed by atoms with Crippen molar-refractivity contribution in [1.29, 1.82) is 0 Å². The summed E-state index contributed by atoms with van der Waals surface area (Å²) in [4.78, 5) is 19.8. The highest BCUT2D eigenvalue weighted by Crippen LogP contribution is 2.12. The first kappa shape index (κ1) is 12.5. The summed E-state index contributed by atoms with van der Waals surface area (Å²) in [7, 11) is 1.61. The minimum atomic E-state index is -0.404. The molecule has 0 atom stereocenters. The standard InChI is InChI=1S/C11H10ClN7O/c1-19-11(12)15-9(18-19)10(20)14-5-7-6-3-2-4-13-8(6)17-16-7/h2-4H,5H2,1H3,(H,14,20)(H,13,16,17). The van der Waals surface area contributed by atoms with Crippen molar-refractivity contribution in [3.05, 3.63) is 35.1 Å². The molecule has 3 rings (SSSR count). The molecule has 0 aromatic carbocycles. The number of aromatic amines is 1. The minimum absolute atomic E-state index is 0.0273. The first-order chi connectivity index (χ1) is 9.65. The Hall–Kier alpha value is -2.48. The third-order valence-corrected chi connectivity index (χ3v) is 3.08. The Kier molecular flexibility index (Phi) is 3.07. The number of fused-ring (bicyclic) bond motifs is 1. The summed E-state index contributed by atoms with van der Waals surface area (Å²) in [5, 5.41) is 14.5. The van der Waals surface area contributed by atoms with Gasteiger partial charge in [-0.1, -0.05) is 0 Å². The lowest BCUT2D eigenvalue weighted by Crippen LogP contribution is -2.24. The summed E-state index contributed by atoms with van der Waals surface area (Å²) >= 11 is 5.74. The maximum Gasteiger partial charge on any atom is 0.291 e. The van der Waals surface area contributed by atoms with Crippen LogP contribution in [0.1, 0.15) is 16.3 Å². The molecule has 2 N–H and O–H groups in total. The van der Waals surface area contributed by atoms with Crippen LogP contribution in [0.3, 0.4) is 0 Å². The van der Waals surface area contributed by atoms with Gasteiger partial charge in [0.2, 0.25) is 11.1 Å². The van der Waals surface area contributed by atoms with Gasteiger partial charge in [0.05, 0.1) is 12.2 Å². The molecule has 0 aliphatic heterocycles. The zero-order valence-electron chi connectivity index (χ0n) is 10.5. The molecular weight excluding hydrogens is 282 g/mol. The quantitative estimate of drug-likeness (QED) is 0.738. The van der Waals surface area contributed by atoms with E-state index in [0.717, 1.165) is 11.1 Å². The number of pyridine rings is 1. The fourth-order valence-electron chi connectivity index (χ4n) is 1.75. The van der Waals surface area contributed by atoms with Gasteiger partial charge in [-0.05, 0) is 23.7 Å². The SMILES string of the molecule is Cn1nc(C(=O)NCc2[nH]nc3ncccc23)nc1Cl. The molecule has 20 heavy (non-hydrogen) atoms. The maximum atomic E-state index is 11.9. The van der Waals surface area contributed by atoms with Gasteiger partial charge in [0.1, 0.15) is 0 Å². The van der Waals surface area contributed by atoms with Crippen molar-refractivity contribution in [3.63, 3.8) is 0 Å². The zero-order chi connectivity index (χ0) is 14.1. The number of hydrogen-bond acceptors (Lipinski definition) is 5. The molecule has 3 aromatic heterocycles. The van der Waals surface area contributed by atoms with Crippen molar-refractivity contribution in [2.45, 2.75) is 6.54 Å². The molecule has 0 radical (unpaired) electrons. The minimum Gasteiger partial charge on any atom is -0.344 e. The van der Waals surface area contributed by atoms with Gasteiger partial charge >= 0.3 is 0 Å². The van der Waals surface area contributed by atoms with Crippen LogP contribution in [0, 0.1) is 0 Å². The first-order valence-corrected chi connectivity index (χ1v) is 6.15. The molecule has 0 saturated heterocycles. The Balaban J connectivity index is 1.74. The number of nitrogens with one attached hydrogen (secondary N) is 2. The molecule has 0 spiro atoms. The van der Waals surface area contributed by atoms with Crippen LogP contribution in [0.15, 0.2) is 18.3 Å². The number of halogens is 1. The van der Waals surface area contributed by atoms with Gasteiger partial charge < -0.3 is 5.32 Å². The molecule has 8 nitrogen and oxygen atoms in total. The highest BCUT2D eigenvalue weighted by Gasteiger charge is 2.14. The Morgan fingerprint density at radius 1 is 1.55 bits per heavy atom. The molecule has 102 valence electrons. The maximum absolute atomic E-state index is 11.9. The second kappa shape index (κ2) is 4.89. The van der Waals surface area contributed by atoms with E-state index in [1.807, 2.05) is 12.1 Å². The Morgan fingerprint density at radius 2 is 2.40 bits per heavy atom. The van der Waals surface area contributed by atoms with E-state index in [9.17, 15) is 4.79 Å². The van der Waals surface area contributed by atoms with Gasteiger partial charge in [0.15, 0.2) is 5.65 Å². The van der Waals surface area contributed by atoms with Crippen molar-refractivity contribution in [2.24, 2.45) is 7.05 Å². The summed E-state index contributed by atoms with van der Waals surface area (Å²) < 4.78 is 1.33. The van der Waals surface area contributed by atoms with Crippen molar-refractivity contribution in [1.82, 2.24) is 35.3 Å². The van der Waals surface area contributed by atoms with Crippen molar-refractivity contribution >= 4 is 28.5 Å². The van der Waals surface area contributed by atoms with E-state index in [4.69, 9.17) is 11.6 Å². The third kappa shape index (κ3) is 2.21. The summed E-state index contributed by atoms with van der Waals surface area (Å²) in [6.07, 6.45) is 1.66. The number of nitrogens with zero attached hydrogens (tertiary/aromatic N) is 5. The Morgan fingerprint density at radius 3 is 3.15 bits per heavy atom. The molecule has 0 saturated carbocycles. The molecule has 0 aliphatic rings. The number of rotatable bonds is 3. The van der Waals surface area contributed by atoms with Crippen LogP contribution >= 0.6 is 11.6 Å². The molecule has 3 heterocycles. The van der Waals surface area contributed by atoms with Crippen molar-refractivity contribution < 1.29 is 4.79 Å². The molecule has 1 amide bonds. The van der Waals surface area contributed by atoms with Gasteiger partial charge in [-0.15, -0.1) is 5.10 Å². The van der Waals surface area contributed by atoms with Crippen LogP contribution in [-0.2, 0) is 13.6 Å². The predicted octanol–water partition coefficient (Wildman–Crippen LogP) is 0.670. The smallest absolute Gasteiger partial charge is 0.291 e.